The number of aromatic nitrogens is 2. The second-order valence-corrected chi connectivity index (χ2v) is 7.28. The van der Waals surface area contributed by atoms with Gasteiger partial charge in [-0.3, -0.25) is 4.98 Å². The lowest BCUT2D eigenvalue weighted by atomic mass is 9.93. The van der Waals surface area contributed by atoms with Gasteiger partial charge in [0.05, 0.1) is 21.2 Å². The van der Waals surface area contributed by atoms with Crippen LogP contribution in [0.2, 0.25) is 0 Å². The van der Waals surface area contributed by atoms with Crippen LogP contribution >= 0.6 is 11.3 Å². The first-order valence-corrected chi connectivity index (χ1v) is 9.13. The zero-order chi connectivity index (χ0) is 17.6. The van der Waals surface area contributed by atoms with E-state index in [2.05, 4.69) is 29.0 Å². The van der Waals surface area contributed by atoms with Gasteiger partial charge in [0.15, 0.2) is 0 Å². The van der Waals surface area contributed by atoms with Crippen LogP contribution in [0.4, 0.5) is 0 Å². The quantitative estimate of drug-likeness (QED) is 0.567. The third kappa shape index (κ3) is 2.56. The molecule has 2 aromatic carbocycles. The molecule has 0 saturated carbocycles. The fraction of sp³-hybridized carbons (Fsp3) is 0.200. The molecule has 0 fully saturated rings. The highest BCUT2D eigenvalue weighted by Crippen LogP contribution is 2.41. The third-order valence-corrected chi connectivity index (χ3v) is 5.50. The van der Waals surface area contributed by atoms with Crippen LogP contribution in [0, 0.1) is 6.92 Å². The molecule has 4 rings (SSSR count). The van der Waals surface area contributed by atoms with Crippen LogP contribution in [0.1, 0.15) is 24.0 Å². The number of benzene rings is 2. The second kappa shape index (κ2) is 6.10. The predicted molar refractivity (Wildman–Crippen MR) is 104 cm³/mol. The molecule has 0 amide bonds. The molecule has 0 radical (unpaired) electrons. The number of aromatic hydroxyl groups is 1. The van der Waals surface area contributed by atoms with E-state index in [4.69, 9.17) is 5.73 Å². The first kappa shape index (κ1) is 16.0. The number of phenolic OH excluding ortho intramolecular Hbond substituents is 1. The van der Waals surface area contributed by atoms with Crippen molar-refractivity contribution in [3.05, 3.63) is 53.2 Å². The number of pyridine rings is 1. The molecule has 0 bridgehead atoms. The van der Waals surface area contributed by atoms with Gasteiger partial charge in [-0.2, -0.15) is 0 Å². The van der Waals surface area contributed by atoms with Gasteiger partial charge in [0, 0.05) is 17.1 Å². The summed E-state index contributed by atoms with van der Waals surface area (Å²) in [5.74, 6) is 0.566. The summed E-state index contributed by atoms with van der Waals surface area (Å²) in [7, 11) is 0. The van der Waals surface area contributed by atoms with Crippen molar-refractivity contribution in [2.45, 2.75) is 19.8 Å². The molecule has 0 aliphatic rings. The molecule has 3 N–H and O–H groups in total. The molecular weight excluding hydrogens is 330 g/mol. The van der Waals surface area contributed by atoms with E-state index in [0.717, 1.165) is 37.8 Å². The normalized spacial score (nSPS) is 12.8. The predicted octanol–water partition coefficient (Wildman–Crippen LogP) is 4.59. The van der Waals surface area contributed by atoms with Crippen LogP contribution in [-0.4, -0.2) is 21.6 Å². The fourth-order valence-electron chi connectivity index (χ4n) is 3.25. The van der Waals surface area contributed by atoms with Gasteiger partial charge in [0.1, 0.15) is 5.75 Å². The minimum atomic E-state index is 0.256. The minimum absolute atomic E-state index is 0.256. The van der Waals surface area contributed by atoms with E-state index < -0.39 is 0 Å². The summed E-state index contributed by atoms with van der Waals surface area (Å²) in [6.45, 7) is 4.68. The third-order valence-electron chi connectivity index (χ3n) is 4.73. The van der Waals surface area contributed by atoms with Gasteiger partial charge in [-0.25, -0.2) is 4.98 Å². The van der Waals surface area contributed by atoms with Crippen LogP contribution in [0.3, 0.4) is 0 Å². The Balaban J connectivity index is 2.02. The number of rotatable bonds is 3. The summed E-state index contributed by atoms with van der Waals surface area (Å²) < 4.78 is 1.02. The molecule has 1 atom stereocenters. The molecule has 0 aliphatic carbocycles. The Hall–Kier alpha value is -2.50. The smallest absolute Gasteiger partial charge is 0.124 e. The molecule has 5 heteroatoms. The van der Waals surface area contributed by atoms with E-state index in [0.29, 0.717) is 12.5 Å². The Bertz CT molecular complexity index is 1070. The first-order valence-electron chi connectivity index (χ1n) is 8.25. The summed E-state index contributed by atoms with van der Waals surface area (Å²) in [6, 6.07) is 10.0. The lowest BCUT2D eigenvalue weighted by molar-refractivity contribution is 0.477. The highest BCUT2D eigenvalue weighted by Gasteiger charge is 2.17. The zero-order valence-electron chi connectivity index (χ0n) is 14.2. The lowest BCUT2D eigenvalue weighted by Gasteiger charge is -2.14. The SMILES string of the molecule is Cc1cc(O)c(-c2ccc([C@@H](C)CN)cc2)c2c1ncc1scnc12. The second-order valence-electron chi connectivity index (χ2n) is 6.39. The molecule has 126 valence electrons. The van der Waals surface area contributed by atoms with Gasteiger partial charge >= 0.3 is 0 Å². The van der Waals surface area contributed by atoms with Gasteiger partial charge in [-0.15, -0.1) is 11.3 Å². The molecule has 2 aromatic heterocycles. The molecule has 0 aliphatic heterocycles. The maximum Gasteiger partial charge on any atom is 0.124 e. The number of thiazole rings is 1. The molecule has 4 aromatic rings. The van der Waals surface area contributed by atoms with Crippen LogP contribution in [-0.2, 0) is 0 Å². The molecule has 0 spiro atoms. The van der Waals surface area contributed by atoms with Gasteiger partial charge in [0.2, 0.25) is 0 Å². The van der Waals surface area contributed by atoms with Crippen molar-refractivity contribution in [1.82, 2.24) is 9.97 Å². The van der Waals surface area contributed by atoms with Crippen molar-refractivity contribution in [3.8, 4) is 16.9 Å². The van der Waals surface area contributed by atoms with E-state index in [1.54, 1.807) is 17.4 Å². The molecule has 0 unspecified atom stereocenters. The molecule has 2 heterocycles. The van der Waals surface area contributed by atoms with Gasteiger partial charge < -0.3 is 10.8 Å². The van der Waals surface area contributed by atoms with E-state index in [1.165, 1.54) is 5.56 Å². The van der Waals surface area contributed by atoms with E-state index >= 15 is 0 Å². The summed E-state index contributed by atoms with van der Waals surface area (Å²) >= 11 is 1.56. The Labute approximate surface area is 150 Å². The van der Waals surface area contributed by atoms with Gasteiger partial charge in [-0.05, 0) is 42.1 Å². The number of aryl methyl sites for hydroxylation is 1. The van der Waals surface area contributed by atoms with Crippen molar-refractivity contribution in [3.63, 3.8) is 0 Å². The number of phenols is 1. The van der Waals surface area contributed by atoms with Crippen molar-refractivity contribution in [2.75, 3.05) is 6.54 Å². The number of fused-ring (bicyclic) bond motifs is 3. The monoisotopic (exact) mass is 349 g/mol. The van der Waals surface area contributed by atoms with Crippen molar-refractivity contribution < 1.29 is 5.11 Å². The molecule has 0 saturated heterocycles. The molecule has 25 heavy (non-hydrogen) atoms. The highest BCUT2D eigenvalue weighted by molar-refractivity contribution is 7.16. The largest absolute Gasteiger partial charge is 0.507 e. The molecular formula is C20H19N3OS. The Kier molecular flexibility index (Phi) is 3.90. The van der Waals surface area contributed by atoms with Crippen LogP contribution < -0.4 is 5.73 Å². The Morgan fingerprint density at radius 1 is 1.16 bits per heavy atom. The van der Waals surface area contributed by atoms with Crippen LogP contribution in [0.5, 0.6) is 5.75 Å². The fourth-order valence-corrected chi connectivity index (χ4v) is 3.90. The van der Waals surface area contributed by atoms with Crippen LogP contribution in [0.15, 0.2) is 42.0 Å². The minimum Gasteiger partial charge on any atom is -0.507 e. The number of nitrogens with zero attached hydrogens (tertiary/aromatic N) is 2. The van der Waals surface area contributed by atoms with Crippen molar-refractivity contribution >= 4 is 32.5 Å². The topological polar surface area (TPSA) is 72.0 Å². The van der Waals surface area contributed by atoms with Gasteiger partial charge in [0.25, 0.3) is 0 Å². The molecule has 4 nitrogen and oxygen atoms in total. The summed E-state index contributed by atoms with van der Waals surface area (Å²) in [5.41, 5.74) is 13.2. The van der Waals surface area contributed by atoms with E-state index in [9.17, 15) is 5.11 Å². The van der Waals surface area contributed by atoms with Crippen LogP contribution in [0.25, 0.3) is 32.2 Å². The number of hydrogen-bond donors (Lipinski definition) is 2. The highest BCUT2D eigenvalue weighted by atomic mass is 32.1. The van der Waals surface area contributed by atoms with Gasteiger partial charge in [-0.1, -0.05) is 31.2 Å². The summed E-state index contributed by atoms with van der Waals surface area (Å²) in [4.78, 5) is 9.14. The zero-order valence-corrected chi connectivity index (χ0v) is 15.0. The maximum atomic E-state index is 10.7. The number of nitrogens with two attached hydrogens (primary N) is 1. The maximum absolute atomic E-state index is 10.7. The summed E-state index contributed by atoms with van der Waals surface area (Å²) in [6.07, 6.45) is 1.86. The standard InChI is InChI=1S/C20H19N3OS/c1-11-7-15(24)17(14-5-3-13(4-6-14)12(2)8-21)18-19(11)22-9-16-20(18)23-10-25-16/h3-7,9-10,12,24H,8,21H2,1-2H3/t12-/m0/s1. The van der Waals surface area contributed by atoms with E-state index in [-0.39, 0.29) is 5.75 Å². The first-order chi connectivity index (χ1) is 12.1. The van der Waals surface area contributed by atoms with E-state index in [1.807, 2.05) is 30.8 Å². The van der Waals surface area contributed by atoms with Crippen molar-refractivity contribution in [2.24, 2.45) is 5.73 Å². The summed E-state index contributed by atoms with van der Waals surface area (Å²) in [5, 5.41) is 11.6. The van der Waals surface area contributed by atoms with Crippen molar-refractivity contribution in [1.29, 1.82) is 0 Å². The average molecular weight is 349 g/mol. The lowest BCUT2D eigenvalue weighted by Crippen LogP contribution is -2.08. The average Bonchev–Trinajstić information content (AvgIpc) is 3.10. The Morgan fingerprint density at radius 2 is 1.92 bits per heavy atom. The number of hydrogen-bond acceptors (Lipinski definition) is 5. The Morgan fingerprint density at radius 3 is 2.64 bits per heavy atom.